The third-order valence-electron chi connectivity index (χ3n) is 3.60. The summed E-state index contributed by atoms with van der Waals surface area (Å²) in [6.45, 7) is 10.3. The molecule has 0 unspecified atom stereocenters. The lowest BCUT2D eigenvalue weighted by Gasteiger charge is -2.25. The van der Waals surface area contributed by atoms with Gasteiger partial charge in [0.25, 0.3) is 0 Å². The molecule has 154 valence electrons. The maximum atomic E-state index is 12.0. The molecule has 0 aromatic heterocycles. The largest absolute Gasteiger partial charge is 0.481 e. The van der Waals surface area contributed by atoms with Crippen LogP contribution in [0.3, 0.4) is 0 Å². The summed E-state index contributed by atoms with van der Waals surface area (Å²) in [5.41, 5.74) is -1.42. The Bertz CT molecular complexity index is 549. The van der Waals surface area contributed by atoms with E-state index in [1.165, 1.54) is 0 Å². The van der Waals surface area contributed by atoms with Crippen molar-refractivity contribution >= 4 is 24.1 Å². The van der Waals surface area contributed by atoms with Crippen molar-refractivity contribution in [1.29, 1.82) is 0 Å². The SMILES string of the molecule is CC(C)(C)OC(=O)NC(=NC1CCC(C(=O)O)CC1)NC(=O)OC(C)(C)C. The van der Waals surface area contributed by atoms with Gasteiger partial charge in [-0.2, -0.15) is 0 Å². The van der Waals surface area contributed by atoms with Crippen molar-refractivity contribution in [2.45, 2.75) is 84.5 Å². The van der Waals surface area contributed by atoms with Crippen molar-refractivity contribution in [3.05, 3.63) is 0 Å². The highest BCUT2D eigenvalue weighted by Crippen LogP contribution is 2.26. The zero-order chi connectivity index (χ0) is 20.8. The number of guanidine groups is 1. The zero-order valence-electron chi connectivity index (χ0n) is 16.9. The number of carbonyl (C=O) groups is 3. The summed E-state index contributed by atoms with van der Waals surface area (Å²) in [6.07, 6.45) is 0.581. The van der Waals surface area contributed by atoms with Crippen LogP contribution in [0.15, 0.2) is 4.99 Å². The predicted molar refractivity (Wildman–Crippen MR) is 99.6 cm³/mol. The number of ether oxygens (including phenoxy) is 2. The van der Waals surface area contributed by atoms with Gasteiger partial charge in [-0.05, 0) is 67.2 Å². The smallest absolute Gasteiger partial charge is 0.414 e. The molecule has 1 saturated carbocycles. The van der Waals surface area contributed by atoms with Gasteiger partial charge in [0.1, 0.15) is 11.2 Å². The van der Waals surface area contributed by atoms with E-state index in [2.05, 4.69) is 15.6 Å². The molecule has 2 amide bonds. The van der Waals surface area contributed by atoms with Crippen molar-refractivity contribution in [3.63, 3.8) is 0 Å². The topological polar surface area (TPSA) is 126 Å². The fourth-order valence-electron chi connectivity index (χ4n) is 2.53. The molecule has 1 rings (SSSR count). The van der Waals surface area contributed by atoms with Crippen LogP contribution in [0.1, 0.15) is 67.2 Å². The molecule has 0 spiro atoms. The van der Waals surface area contributed by atoms with Gasteiger partial charge in [0.2, 0.25) is 5.96 Å². The third-order valence-corrected chi connectivity index (χ3v) is 3.60. The van der Waals surface area contributed by atoms with E-state index < -0.39 is 29.4 Å². The van der Waals surface area contributed by atoms with E-state index in [4.69, 9.17) is 14.6 Å². The molecular weight excluding hydrogens is 354 g/mol. The van der Waals surface area contributed by atoms with Gasteiger partial charge in [0, 0.05) is 0 Å². The van der Waals surface area contributed by atoms with E-state index in [1.54, 1.807) is 41.5 Å². The molecule has 0 saturated heterocycles. The fraction of sp³-hybridized carbons (Fsp3) is 0.778. The number of alkyl carbamates (subject to hydrolysis) is 2. The number of amides is 2. The Hall–Kier alpha value is -2.32. The van der Waals surface area contributed by atoms with Crippen molar-refractivity contribution in [2.24, 2.45) is 10.9 Å². The van der Waals surface area contributed by atoms with Crippen LogP contribution in [0.2, 0.25) is 0 Å². The highest BCUT2D eigenvalue weighted by atomic mass is 16.6. The third kappa shape index (κ3) is 9.81. The number of aliphatic imine (C=N–C) groups is 1. The molecule has 0 heterocycles. The van der Waals surface area contributed by atoms with E-state index in [9.17, 15) is 14.4 Å². The van der Waals surface area contributed by atoms with E-state index in [1.807, 2.05) is 0 Å². The van der Waals surface area contributed by atoms with Crippen LogP contribution in [-0.2, 0) is 14.3 Å². The number of aliphatic carboxylic acids is 1. The van der Waals surface area contributed by atoms with Gasteiger partial charge < -0.3 is 14.6 Å². The molecule has 1 fully saturated rings. The lowest BCUT2D eigenvalue weighted by Crippen LogP contribution is -2.47. The number of carboxylic acid groups (broad SMARTS) is 1. The summed E-state index contributed by atoms with van der Waals surface area (Å²) in [5, 5.41) is 13.9. The molecule has 0 aromatic carbocycles. The first-order valence-corrected chi connectivity index (χ1v) is 9.06. The van der Waals surface area contributed by atoms with Gasteiger partial charge in [0.15, 0.2) is 0 Å². The monoisotopic (exact) mass is 385 g/mol. The maximum Gasteiger partial charge on any atom is 0.414 e. The molecule has 3 N–H and O–H groups in total. The van der Waals surface area contributed by atoms with E-state index >= 15 is 0 Å². The summed E-state index contributed by atoms with van der Waals surface area (Å²) in [6, 6.07) is -0.208. The first-order chi connectivity index (χ1) is 12.2. The Kier molecular flexibility index (Phi) is 7.62. The molecule has 9 heteroatoms. The average molecular weight is 385 g/mol. The van der Waals surface area contributed by atoms with Crippen LogP contribution in [0, 0.1) is 5.92 Å². The van der Waals surface area contributed by atoms with Gasteiger partial charge in [-0.1, -0.05) is 0 Å². The standard InChI is InChI=1S/C18H31N3O6/c1-17(2,3)26-15(24)20-14(21-16(25)27-18(4,5)6)19-12-9-7-11(8-10-12)13(22)23/h11-12H,7-10H2,1-6H3,(H,22,23)(H2,19,20,21,24,25). The van der Waals surface area contributed by atoms with Gasteiger partial charge in [-0.3, -0.25) is 15.4 Å². The van der Waals surface area contributed by atoms with Gasteiger partial charge in [-0.25, -0.2) is 14.6 Å². The second-order valence-electron chi connectivity index (χ2n) is 8.58. The van der Waals surface area contributed by atoms with Crippen LogP contribution in [0.25, 0.3) is 0 Å². The van der Waals surface area contributed by atoms with Crippen molar-refractivity contribution in [1.82, 2.24) is 10.6 Å². The number of carbonyl (C=O) groups excluding carboxylic acids is 2. The predicted octanol–water partition coefficient (Wildman–Crippen LogP) is 3.04. The van der Waals surface area contributed by atoms with E-state index in [-0.39, 0.29) is 17.9 Å². The number of carboxylic acids is 1. The molecule has 0 atom stereocenters. The number of hydrogen-bond donors (Lipinski definition) is 3. The Balaban J connectivity index is 2.82. The molecule has 9 nitrogen and oxygen atoms in total. The molecule has 0 aliphatic heterocycles. The van der Waals surface area contributed by atoms with Crippen LogP contribution >= 0.6 is 0 Å². The molecule has 0 aromatic rings. The van der Waals surface area contributed by atoms with Gasteiger partial charge >= 0.3 is 18.2 Å². The lowest BCUT2D eigenvalue weighted by molar-refractivity contribution is -0.142. The fourth-order valence-corrected chi connectivity index (χ4v) is 2.53. The summed E-state index contributed by atoms with van der Waals surface area (Å²) in [5.74, 6) is -1.26. The first kappa shape index (κ1) is 22.7. The Morgan fingerprint density at radius 3 is 1.59 bits per heavy atom. The van der Waals surface area contributed by atoms with Crippen molar-refractivity contribution in [3.8, 4) is 0 Å². The molecule has 1 aliphatic carbocycles. The van der Waals surface area contributed by atoms with Crippen molar-refractivity contribution in [2.75, 3.05) is 0 Å². The van der Waals surface area contributed by atoms with Crippen LogP contribution in [0.5, 0.6) is 0 Å². The Morgan fingerprint density at radius 2 is 1.26 bits per heavy atom. The summed E-state index contributed by atoms with van der Waals surface area (Å²) >= 11 is 0. The summed E-state index contributed by atoms with van der Waals surface area (Å²) in [7, 11) is 0. The number of nitrogens with one attached hydrogen (secondary N) is 2. The van der Waals surface area contributed by atoms with E-state index in [0.29, 0.717) is 25.7 Å². The minimum Gasteiger partial charge on any atom is -0.481 e. The minimum absolute atomic E-state index is 0.0720. The van der Waals surface area contributed by atoms with Crippen molar-refractivity contribution < 1.29 is 29.0 Å². The van der Waals surface area contributed by atoms with Crippen LogP contribution in [0.4, 0.5) is 9.59 Å². The zero-order valence-corrected chi connectivity index (χ0v) is 16.9. The molecule has 0 radical (unpaired) electrons. The highest BCUT2D eigenvalue weighted by Gasteiger charge is 2.27. The van der Waals surface area contributed by atoms with Crippen LogP contribution < -0.4 is 10.6 Å². The Labute approximate surface area is 159 Å². The minimum atomic E-state index is -0.809. The molecular formula is C18H31N3O6. The Morgan fingerprint density at radius 1 is 0.852 bits per heavy atom. The maximum absolute atomic E-state index is 12.0. The highest BCUT2D eigenvalue weighted by molar-refractivity contribution is 6.01. The quantitative estimate of drug-likeness (QED) is 0.495. The molecule has 1 aliphatic rings. The summed E-state index contributed by atoms with van der Waals surface area (Å²) in [4.78, 5) is 39.5. The van der Waals surface area contributed by atoms with E-state index in [0.717, 1.165) is 0 Å². The second-order valence-corrected chi connectivity index (χ2v) is 8.58. The average Bonchev–Trinajstić information content (AvgIpc) is 2.43. The van der Waals surface area contributed by atoms with Gasteiger partial charge in [0.05, 0.1) is 12.0 Å². The molecule has 0 bridgehead atoms. The van der Waals surface area contributed by atoms with Gasteiger partial charge in [-0.15, -0.1) is 0 Å². The molecule has 27 heavy (non-hydrogen) atoms. The summed E-state index contributed by atoms with van der Waals surface area (Å²) < 4.78 is 10.4. The number of rotatable bonds is 2. The lowest BCUT2D eigenvalue weighted by atomic mass is 9.86. The van der Waals surface area contributed by atoms with Crippen LogP contribution in [-0.4, -0.2) is 46.5 Å². The normalized spacial score (nSPS) is 20.2. The number of hydrogen-bond acceptors (Lipinski definition) is 6. The number of nitrogens with zero attached hydrogens (tertiary/aromatic N) is 1. The first-order valence-electron chi connectivity index (χ1n) is 9.06. The second kappa shape index (κ2) is 9.05.